The summed E-state index contributed by atoms with van der Waals surface area (Å²) in [6.45, 7) is 2.88. The molecular formula is C24H24ClFN4O3S. The summed E-state index contributed by atoms with van der Waals surface area (Å²) >= 11 is 6.40. The number of aryl methyl sites for hydroxylation is 1. The van der Waals surface area contributed by atoms with Gasteiger partial charge in [0.2, 0.25) is 0 Å². The average molecular weight is 503 g/mol. The molecule has 1 aliphatic rings. The van der Waals surface area contributed by atoms with Crippen LogP contribution in [0.15, 0.2) is 59.8 Å². The Balaban J connectivity index is 1.62. The molecule has 178 valence electrons. The highest BCUT2D eigenvalue weighted by Crippen LogP contribution is 2.35. The molecule has 7 nitrogen and oxygen atoms in total. The van der Waals surface area contributed by atoms with Crippen LogP contribution in [-0.2, 0) is 10.0 Å². The Kier molecular flexibility index (Phi) is 6.88. The van der Waals surface area contributed by atoms with Crippen molar-refractivity contribution in [1.82, 2.24) is 9.88 Å². The number of carbonyl (C=O) groups is 1. The Morgan fingerprint density at radius 2 is 1.85 bits per heavy atom. The molecule has 0 spiro atoms. The lowest BCUT2D eigenvalue weighted by Gasteiger charge is -2.32. The Bertz CT molecular complexity index is 1320. The lowest BCUT2D eigenvalue weighted by atomic mass is 9.89. The second kappa shape index (κ2) is 9.69. The molecular weight excluding hydrogens is 479 g/mol. The molecule has 0 unspecified atom stereocenters. The van der Waals surface area contributed by atoms with Crippen molar-refractivity contribution >= 4 is 38.9 Å². The van der Waals surface area contributed by atoms with E-state index in [1.165, 1.54) is 18.3 Å². The molecule has 10 heteroatoms. The van der Waals surface area contributed by atoms with E-state index in [0.717, 1.165) is 11.1 Å². The number of amides is 1. The van der Waals surface area contributed by atoms with E-state index in [0.29, 0.717) is 31.6 Å². The summed E-state index contributed by atoms with van der Waals surface area (Å²) in [5.41, 5.74) is 2.93. The predicted molar refractivity (Wildman–Crippen MR) is 129 cm³/mol. The van der Waals surface area contributed by atoms with E-state index < -0.39 is 15.0 Å². The van der Waals surface area contributed by atoms with Gasteiger partial charge in [0, 0.05) is 25.0 Å². The number of nitrogens with zero attached hydrogens (tertiary/aromatic N) is 2. The van der Waals surface area contributed by atoms with Crippen molar-refractivity contribution < 1.29 is 17.6 Å². The molecule has 1 aliphatic heterocycles. The zero-order valence-electron chi connectivity index (χ0n) is 18.5. The molecule has 1 saturated heterocycles. The standard InChI is InChI=1S/C24H24ClFN4O3S/c1-15-3-2-4-19(13-15)29-22-20(14-28-23(21(22)25)34(27,32)33)24(31)30-11-9-17(10-12-30)16-5-7-18(26)8-6-16/h2-8,13-14,17H,9-12H2,1H3,(H,28,29)(H2,27,32,33). The third-order valence-corrected chi connectivity index (χ3v) is 7.23. The molecule has 0 radical (unpaired) electrons. The minimum absolute atomic E-state index is 0.136. The van der Waals surface area contributed by atoms with Gasteiger partial charge in [0.25, 0.3) is 15.9 Å². The fourth-order valence-corrected chi connectivity index (χ4v) is 5.21. The second-order valence-corrected chi connectivity index (χ2v) is 10.2. The molecule has 0 aliphatic carbocycles. The number of nitrogens with one attached hydrogen (secondary N) is 1. The van der Waals surface area contributed by atoms with Gasteiger partial charge in [-0.2, -0.15) is 0 Å². The van der Waals surface area contributed by atoms with Crippen LogP contribution in [0.5, 0.6) is 0 Å². The van der Waals surface area contributed by atoms with Gasteiger partial charge in [-0.15, -0.1) is 0 Å². The number of primary sulfonamides is 1. The number of pyridine rings is 1. The molecule has 2 aromatic carbocycles. The molecule has 3 N–H and O–H groups in total. The van der Waals surface area contributed by atoms with E-state index in [2.05, 4.69) is 10.3 Å². The third kappa shape index (κ3) is 5.22. The van der Waals surface area contributed by atoms with Gasteiger partial charge in [0.15, 0.2) is 5.03 Å². The van der Waals surface area contributed by atoms with Gasteiger partial charge in [-0.05, 0) is 61.1 Å². The number of rotatable bonds is 5. The molecule has 1 fully saturated rings. The highest BCUT2D eigenvalue weighted by Gasteiger charge is 2.29. The number of benzene rings is 2. The van der Waals surface area contributed by atoms with E-state index in [4.69, 9.17) is 16.7 Å². The third-order valence-electron chi connectivity index (χ3n) is 5.90. The van der Waals surface area contributed by atoms with E-state index in [-0.39, 0.29) is 33.9 Å². The number of carbonyl (C=O) groups excluding carboxylic acids is 1. The first-order valence-electron chi connectivity index (χ1n) is 10.7. The van der Waals surface area contributed by atoms with E-state index >= 15 is 0 Å². The maximum atomic E-state index is 13.4. The Hall–Kier alpha value is -3.01. The number of aromatic nitrogens is 1. The summed E-state index contributed by atoms with van der Waals surface area (Å²) in [4.78, 5) is 19.0. The van der Waals surface area contributed by atoms with Gasteiger partial charge in [-0.1, -0.05) is 35.9 Å². The minimum atomic E-state index is -4.20. The van der Waals surface area contributed by atoms with Crippen LogP contribution in [0.4, 0.5) is 15.8 Å². The molecule has 0 atom stereocenters. The number of piperidine rings is 1. The van der Waals surface area contributed by atoms with Crippen molar-refractivity contribution in [2.45, 2.75) is 30.7 Å². The quantitative estimate of drug-likeness (QED) is 0.530. The molecule has 1 aromatic heterocycles. The van der Waals surface area contributed by atoms with Crippen molar-refractivity contribution in [3.05, 3.63) is 82.3 Å². The maximum absolute atomic E-state index is 13.4. The van der Waals surface area contributed by atoms with Crippen LogP contribution < -0.4 is 10.5 Å². The number of anilines is 2. The summed E-state index contributed by atoms with van der Waals surface area (Å²) in [7, 11) is -4.20. The molecule has 2 heterocycles. The number of hydrogen-bond acceptors (Lipinski definition) is 5. The Morgan fingerprint density at radius 3 is 2.47 bits per heavy atom. The highest BCUT2D eigenvalue weighted by atomic mass is 35.5. The predicted octanol–water partition coefficient (Wildman–Crippen LogP) is 4.59. The van der Waals surface area contributed by atoms with E-state index in [1.807, 2.05) is 25.1 Å². The van der Waals surface area contributed by atoms with Crippen LogP contribution in [0.3, 0.4) is 0 Å². The molecule has 1 amide bonds. The zero-order chi connectivity index (χ0) is 24.5. The molecule has 0 saturated carbocycles. The van der Waals surface area contributed by atoms with Gasteiger partial charge in [-0.3, -0.25) is 4.79 Å². The smallest absolute Gasteiger partial charge is 0.257 e. The topological polar surface area (TPSA) is 105 Å². The van der Waals surface area contributed by atoms with Crippen LogP contribution in [0.2, 0.25) is 5.02 Å². The number of likely N-dealkylation sites (tertiary alicyclic amines) is 1. The normalized spacial score (nSPS) is 14.8. The number of nitrogens with two attached hydrogens (primary N) is 1. The Morgan fingerprint density at radius 1 is 1.18 bits per heavy atom. The number of halogens is 2. The van der Waals surface area contributed by atoms with Gasteiger partial charge >= 0.3 is 0 Å². The van der Waals surface area contributed by atoms with Crippen molar-refractivity contribution in [1.29, 1.82) is 0 Å². The number of hydrogen-bond donors (Lipinski definition) is 2. The summed E-state index contributed by atoms with van der Waals surface area (Å²) in [6.07, 6.45) is 2.63. The summed E-state index contributed by atoms with van der Waals surface area (Å²) in [5, 5.41) is 7.61. The molecule has 0 bridgehead atoms. The fraction of sp³-hybridized carbons (Fsp3) is 0.250. The van der Waals surface area contributed by atoms with E-state index in [1.54, 1.807) is 23.1 Å². The zero-order valence-corrected chi connectivity index (χ0v) is 20.0. The highest BCUT2D eigenvalue weighted by molar-refractivity contribution is 7.89. The van der Waals surface area contributed by atoms with Crippen LogP contribution in [-0.4, -0.2) is 37.3 Å². The summed E-state index contributed by atoms with van der Waals surface area (Å²) in [6, 6.07) is 13.8. The molecule has 34 heavy (non-hydrogen) atoms. The lowest BCUT2D eigenvalue weighted by Crippen LogP contribution is -2.38. The largest absolute Gasteiger partial charge is 0.354 e. The average Bonchev–Trinajstić information content (AvgIpc) is 2.80. The van der Waals surface area contributed by atoms with Gasteiger partial charge < -0.3 is 10.2 Å². The molecule has 4 rings (SSSR count). The summed E-state index contributed by atoms with van der Waals surface area (Å²) < 4.78 is 37.2. The maximum Gasteiger partial charge on any atom is 0.257 e. The molecule has 3 aromatic rings. The van der Waals surface area contributed by atoms with Crippen molar-refractivity contribution in [3.63, 3.8) is 0 Å². The SMILES string of the molecule is Cc1cccc(Nc2c(C(=O)N3CCC(c4ccc(F)cc4)CC3)cnc(S(N)(=O)=O)c2Cl)c1. The summed E-state index contributed by atoms with van der Waals surface area (Å²) in [5.74, 6) is -0.374. The number of sulfonamides is 1. The van der Waals surface area contributed by atoms with Gasteiger partial charge in [0.05, 0.1) is 11.3 Å². The fourth-order valence-electron chi connectivity index (χ4n) is 4.14. The second-order valence-electron chi connectivity index (χ2n) is 8.32. The van der Waals surface area contributed by atoms with Gasteiger partial charge in [0.1, 0.15) is 10.8 Å². The first kappa shape index (κ1) is 24.1. The van der Waals surface area contributed by atoms with E-state index in [9.17, 15) is 17.6 Å². The lowest BCUT2D eigenvalue weighted by molar-refractivity contribution is 0.0713. The Labute approximate surface area is 202 Å². The minimum Gasteiger partial charge on any atom is -0.354 e. The van der Waals surface area contributed by atoms with Crippen LogP contribution in [0.25, 0.3) is 0 Å². The van der Waals surface area contributed by atoms with Crippen LogP contribution in [0, 0.1) is 12.7 Å². The van der Waals surface area contributed by atoms with Crippen molar-refractivity contribution in [2.75, 3.05) is 18.4 Å². The first-order chi connectivity index (χ1) is 16.1. The van der Waals surface area contributed by atoms with Gasteiger partial charge in [-0.25, -0.2) is 22.9 Å². The first-order valence-corrected chi connectivity index (χ1v) is 12.7. The van der Waals surface area contributed by atoms with Crippen LogP contribution in [0.1, 0.15) is 40.2 Å². The van der Waals surface area contributed by atoms with Crippen LogP contribution >= 0.6 is 11.6 Å². The van der Waals surface area contributed by atoms with Crippen molar-refractivity contribution in [2.24, 2.45) is 5.14 Å². The monoisotopic (exact) mass is 502 g/mol. The van der Waals surface area contributed by atoms with Crippen molar-refractivity contribution in [3.8, 4) is 0 Å².